The maximum absolute atomic E-state index is 6.11. The summed E-state index contributed by atoms with van der Waals surface area (Å²) < 4.78 is 0. The highest BCUT2D eigenvalue weighted by Crippen LogP contribution is 2.21. The number of nitrogens with two attached hydrogens (primary N) is 1. The van der Waals surface area contributed by atoms with Crippen molar-refractivity contribution in [1.29, 1.82) is 0 Å². The molecule has 0 heterocycles. The zero-order chi connectivity index (χ0) is 11.9. The summed E-state index contributed by atoms with van der Waals surface area (Å²) in [5.41, 5.74) is 6.45. The molecule has 0 rings (SSSR count). The van der Waals surface area contributed by atoms with Gasteiger partial charge >= 0.3 is 0 Å². The van der Waals surface area contributed by atoms with E-state index in [1.807, 2.05) is 6.08 Å². The van der Waals surface area contributed by atoms with Gasteiger partial charge in [-0.2, -0.15) is 0 Å². The van der Waals surface area contributed by atoms with E-state index in [-0.39, 0.29) is 0 Å². The Balaban J connectivity index is 3.77. The minimum absolute atomic E-state index is 0.323. The van der Waals surface area contributed by atoms with E-state index in [0.29, 0.717) is 11.5 Å². The molecular weight excluding hydrogens is 184 g/mol. The fraction of sp³-hybridized carbons (Fsp3) is 0.846. The first-order chi connectivity index (χ1) is 6.89. The lowest BCUT2D eigenvalue weighted by molar-refractivity contribution is 0.274. The highest BCUT2D eigenvalue weighted by Gasteiger charge is 2.15. The van der Waals surface area contributed by atoms with E-state index in [1.54, 1.807) is 0 Å². The molecular formula is C13H28N2. The van der Waals surface area contributed by atoms with Crippen molar-refractivity contribution in [3.8, 4) is 0 Å². The molecule has 0 bridgehead atoms. The monoisotopic (exact) mass is 212 g/mol. The van der Waals surface area contributed by atoms with E-state index < -0.39 is 0 Å². The van der Waals surface area contributed by atoms with Crippen LogP contribution in [0.1, 0.15) is 40.5 Å². The predicted molar refractivity (Wildman–Crippen MR) is 69.0 cm³/mol. The van der Waals surface area contributed by atoms with Gasteiger partial charge in [0.05, 0.1) is 0 Å². The van der Waals surface area contributed by atoms with Gasteiger partial charge in [0, 0.05) is 12.6 Å². The van der Waals surface area contributed by atoms with Gasteiger partial charge in [0.15, 0.2) is 0 Å². The van der Waals surface area contributed by atoms with Gasteiger partial charge in [-0.1, -0.05) is 33.8 Å². The highest BCUT2D eigenvalue weighted by molar-refractivity contribution is 4.76. The van der Waals surface area contributed by atoms with Crippen LogP contribution in [0.25, 0.3) is 0 Å². The predicted octanol–water partition coefficient (Wildman–Crippen LogP) is 2.65. The quantitative estimate of drug-likeness (QED) is 0.657. The fourth-order valence-corrected chi connectivity index (χ4v) is 1.80. The van der Waals surface area contributed by atoms with Gasteiger partial charge in [0.2, 0.25) is 0 Å². The number of hydrogen-bond acceptors (Lipinski definition) is 2. The Morgan fingerprint density at radius 3 is 2.40 bits per heavy atom. The first-order valence-electron chi connectivity index (χ1n) is 5.98. The molecule has 0 radical (unpaired) electrons. The van der Waals surface area contributed by atoms with Crippen LogP contribution in [0.2, 0.25) is 0 Å². The van der Waals surface area contributed by atoms with Crippen LogP contribution >= 0.6 is 0 Å². The van der Waals surface area contributed by atoms with Crippen LogP contribution in [0.15, 0.2) is 12.7 Å². The van der Waals surface area contributed by atoms with Crippen LogP contribution in [-0.2, 0) is 0 Å². The van der Waals surface area contributed by atoms with Crippen molar-refractivity contribution in [3.63, 3.8) is 0 Å². The Hall–Kier alpha value is -0.340. The van der Waals surface area contributed by atoms with E-state index in [4.69, 9.17) is 5.73 Å². The Kier molecular flexibility index (Phi) is 6.86. The van der Waals surface area contributed by atoms with Crippen LogP contribution in [-0.4, -0.2) is 30.6 Å². The third-order valence-corrected chi connectivity index (χ3v) is 2.53. The van der Waals surface area contributed by atoms with Crippen molar-refractivity contribution in [1.82, 2.24) is 4.90 Å². The molecule has 0 aromatic heterocycles. The Morgan fingerprint density at radius 2 is 2.00 bits per heavy atom. The van der Waals surface area contributed by atoms with E-state index in [9.17, 15) is 0 Å². The van der Waals surface area contributed by atoms with E-state index in [0.717, 1.165) is 32.5 Å². The Morgan fingerprint density at radius 1 is 1.40 bits per heavy atom. The number of likely N-dealkylation sites (N-methyl/N-ethyl adjacent to an activating group) is 1. The molecule has 0 fully saturated rings. The third kappa shape index (κ3) is 8.64. The molecule has 1 unspecified atom stereocenters. The molecule has 0 saturated carbocycles. The molecule has 0 aliphatic heterocycles. The van der Waals surface area contributed by atoms with Gasteiger partial charge in [-0.05, 0) is 31.3 Å². The summed E-state index contributed by atoms with van der Waals surface area (Å²) in [7, 11) is 0. The molecule has 0 aromatic rings. The largest absolute Gasteiger partial charge is 0.328 e. The molecule has 90 valence electrons. The highest BCUT2D eigenvalue weighted by atomic mass is 15.1. The third-order valence-electron chi connectivity index (χ3n) is 2.53. The number of nitrogens with zero attached hydrogens (tertiary/aromatic N) is 1. The van der Waals surface area contributed by atoms with Gasteiger partial charge in [0.25, 0.3) is 0 Å². The van der Waals surface area contributed by atoms with Crippen molar-refractivity contribution in [2.24, 2.45) is 11.1 Å². The van der Waals surface area contributed by atoms with E-state index in [1.165, 1.54) is 0 Å². The van der Waals surface area contributed by atoms with Crippen LogP contribution in [0.3, 0.4) is 0 Å². The maximum Gasteiger partial charge on any atom is 0.0160 e. The molecule has 0 aliphatic carbocycles. The SMILES string of the molecule is C=CCN(CC)CCC(N)CC(C)(C)C. The van der Waals surface area contributed by atoms with Gasteiger partial charge in [-0.25, -0.2) is 0 Å². The first kappa shape index (κ1) is 14.7. The minimum Gasteiger partial charge on any atom is -0.328 e. The van der Waals surface area contributed by atoms with E-state index >= 15 is 0 Å². The van der Waals surface area contributed by atoms with Crippen LogP contribution in [0.5, 0.6) is 0 Å². The lowest BCUT2D eigenvalue weighted by atomic mass is 9.87. The lowest BCUT2D eigenvalue weighted by Gasteiger charge is -2.25. The molecule has 1 atom stereocenters. The summed E-state index contributed by atoms with van der Waals surface area (Å²) in [6, 6.07) is 0.323. The standard InChI is InChI=1S/C13H28N2/c1-6-9-15(7-2)10-8-12(14)11-13(3,4)5/h6,12H,1,7-11,14H2,2-5H3. The summed E-state index contributed by atoms with van der Waals surface area (Å²) in [5, 5.41) is 0. The molecule has 0 amide bonds. The average Bonchev–Trinajstić information content (AvgIpc) is 2.09. The van der Waals surface area contributed by atoms with Crippen molar-refractivity contribution in [2.75, 3.05) is 19.6 Å². The summed E-state index contributed by atoms with van der Waals surface area (Å²) in [5.74, 6) is 0. The van der Waals surface area contributed by atoms with Crippen molar-refractivity contribution >= 4 is 0 Å². The van der Waals surface area contributed by atoms with Gasteiger partial charge < -0.3 is 5.73 Å². The van der Waals surface area contributed by atoms with Crippen LogP contribution in [0.4, 0.5) is 0 Å². The smallest absolute Gasteiger partial charge is 0.0160 e. The second kappa shape index (κ2) is 7.02. The Bertz CT molecular complexity index is 170. The zero-order valence-corrected chi connectivity index (χ0v) is 10.9. The molecule has 0 spiro atoms. The molecule has 0 aliphatic rings. The summed E-state index contributed by atoms with van der Waals surface area (Å²) in [4.78, 5) is 2.37. The fourth-order valence-electron chi connectivity index (χ4n) is 1.80. The topological polar surface area (TPSA) is 29.3 Å². The average molecular weight is 212 g/mol. The maximum atomic E-state index is 6.11. The second-order valence-electron chi connectivity index (χ2n) is 5.50. The van der Waals surface area contributed by atoms with E-state index in [2.05, 4.69) is 39.2 Å². The van der Waals surface area contributed by atoms with Crippen molar-refractivity contribution < 1.29 is 0 Å². The first-order valence-corrected chi connectivity index (χ1v) is 5.98. The molecule has 2 nitrogen and oxygen atoms in total. The number of hydrogen-bond donors (Lipinski definition) is 1. The van der Waals surface area contributed by atoms with Gasteiger partial charge in [-0.15, -0.1) is 6.58 Å². The van der Waals surface area contributed by atoms with Crippen LogP contribution in [0, 0.1) is 5.41 Å². The van der Waals surface area contributed by atoms with Crippen LogP contribution < -0.4 is 5.73 Å². The molecule has 2 N–H and O–H groups in total. The second-order valence-corrected chi connectivity index (χ2v) is 5.50. The molecule has 0 aromatic carbocycles. The van der Waals surface area contributed by atoms with Crippen molar-refractivity contribution in [2.45, 2.75) is 46.6 Å². The van der Waals surface area contributed by atoms with Gasteiger partial charge in [0.1, 0.15) is 0 Å². The number of rotatable bonds is 7. The molecule has 15 heavy (non-hydrogen) atoms. The lowest BCUT2D eigenvalue weighted by Crippen LogP contribution is -2.33. The molecule has 2 heteroatoms. The summed E-state index contributed by atoms with van der Waals surface area (Å²) in [6.45, 7) is 15.8. The van der Waals surface area contributed by atoms with Gasteiger partial charge in [-0.3, -0.25) is 4.90 Å². The molecule has 0 saturated heterocycles. The normalized spacial score (nSPS) is 14.3. The zero-order valence-electron chi connectivity index (χ0n) is 10.9. The summed E-state index contributed by atoms with van der Waals surface area (Å²) >= 11 is 0. The van der Waals surface area contributed by atoms with Crippen molar-refractivity contribution in [3.05, 3.63) is 12.7 Å². The summed E-state index contributed by atoms with van der Waals surface area (Å²) in [6.07, 6.45) is 4.14. The minimum atomic E-state index is 0.323. The Labute approximate surface area is 95.5 Å².